The van der Waals surface area contributed by atoms with Gasteiger partial charge >= 0.3 is 0 Å². The van der Waals surface area contributed by atoms with Crippen LogP contribution in [0.2, 0.25) is 0 Å². The number of carbonyl (C=O) groups excluding carboxylic acids is 1. The van der Waals surface area contributed by atoms with Crippen molar-refractivity contribution >= 4 is 27.8 Å². The highest BCUT2D eigenvalue weighted by Crippen LogP contribution is 2.27. The molecule has 0 aromatic heterocycles. The van der Waals surface area contributed by atoms with Gasteiger partial charge in [0, 0.05) is 5.56 Å². The summed E-state index contributed by atoms with van der Waals surface area (Å²) in [6.45, 7) is 1.42. The summed E-state index contributed by atoms with van der Waals surface area (Å²) in [6.07, 6.45) is 1.76. The van der Waals surface area contributed by atoms with Gasteiger partial charge in [0.25, 0.3) is 15.9 Å². The summed E-state index contributed by atoms with van der Waals surface area (Å²) in [6, 6.07) is 20.9. The fraction of sp³-hybridized carbons (Fsp3) is 0.130. The van der Waals surface area contributed by atoms with Crippen LogP contribution in [0.5, 0.6) is 0 Å². The molecule has 3 rings (SSSR count). The summed E-state index contributed by atoms with van der Waals surface area (Å²) in [7, 11) is -4.01. The monoisotopic (exact) mass is 439 g/mol. The number of nitrogens with one attached hydrogen (secondary N) is 1. The number of aryl methyl sites for hydroxylation is 1. The van der Waals surface area contributed by atoms with E-state index in [4.69, 9.17) is 0 Å². The van der Waals surface area contributed by atoms with E-state index < -0.39 is 28.3 Å². The third-order valence-corrected chi connectivity index (χ3v) is 6.33. The van der Waals surface area contributed by atoms with Gasteiger partial charge in [-0.2, -0.15) is 5.10 Å². The highest BCUT2D eigenvalue weighted by Gasteiger charge is 2.28. The summed E-state index contributed by atoms with van der Waals surface area (Å²) in [5.41, 5.74) is 3.68. The van der Waals surface area contributed by atoms with E-state index in [1.807, 2.05) is 19.1 Å². The number of rotatable bonds is 8. The molecular weight excluding hydrogens is 417 g/mol. The maximum atomic E-state index is 13.7. The second kappa shape index (κ2) is 9.99. The molecular formula is C23H22FN3O3S. The van der Waals surface area contributed by atoms with Crippen LogP contribution < -0.4 is 9.73 Å². The van der Waals surface area contributed by atoms with Gasteiger partial charge in [0.15, 0.2) is 0 Å². The first-order valence-electron chi connectivity index (χ1n) is 9.65. The van der Waals surface area contributed by atoms with Gasteiger partial charge in [0.2, 0.25) is 0 Å². The van der Waals surface area contributed by atoms with Gasteiger partial charge < -0.3 is 0 Å². The summed E-state index contributed by atoms with van der Waals surface area (Å²) in [4.78, 5) is 12.6. The Morgan fingerprint density at radius 1 is 1.00 bits per heavy atom. The van der Waals surface area contributed by atoms with E-state index in [1.54, 1.807) is 42.5 Å². The van der Waals surface area contributed by atoms with Gasteiger partial charge in [0.05, 0.1) is 16.8 Å². The Bertz CT molecular complexity index is 1180. The molecule has 3 aromatic rings. The number of hydrazone groups is 1. The first kappa shape index (κ1) is 22.2. The van der Waals surface area contributed by atoms with E-state index in [-0.39, 0.29) is 10.5 Å². The number of hydrogen-bond acceptors (Lipinski definition) is 4. The normalized spacial score (nSPS) is 11.4. The molecule has 6 nitrogen and oxygen atoms in total. The zero-order valence-electron chi connectivity index (χ0n) is 16.9. The molecule has 0 unspecified atom stereocenters. The Morgan fingerprint density at radius 2 is 1.65 bits per heavy atom. The number of sulfonamides is 1. The predicted molar refractivity (Wildman–Crippen MR) is 119 cm³/mol. The molecule has 0 aliphatic carbocycles. The molecule has 0 spiro atoms. The van der Waals surface area contributed by atoms with Gasteiger partial charge in [-0.1, -0.05) is 61.5 Å². The largest absolute Gasteiger partial charge is 0.271 e. The molecule has 8 heteroatoms. The minimum absolute atomic E-state index is 0.0727. The van der Waals surface area contributed by atoms with Gasteiger partial charge in [-0.25, -0.2) is 18.2 Å². The van der Waals surface area contributed by atoms with E-state index in [9.17, 15) is 17.6 Å². The van der Waals surface area contributed by atoms with Crippen LogP contribution in [0.3, 0.4) is 0 Å². The van der Waals surface area contributed by atoms with E-state index in [0.29, 0.717) is 12.1 Å². The zero-order chi connectivity index (χ0) is 22.3. The number of nitrogens with zero attached hydrogens (tertiary/aromatic N) is 2. The summed E-state index contributed by atoms with van der Waals surface area (Å²) in [5.74, 6) is -1.14. The molecule has 31 heavy (non-hydrogen) atoms. The number of para-hydroxylation sites is 1. The van der Waals surface area contributed by atoms with Gasteiger partial charge in [-0.15, -0.1) is 0 Å². The molecule has 0 heterocycles. The number of hydrogen-bond donors (Lipinski definition) is 1. The topological polar surface area (TPSA) is 78.8 Å². The molecule has 0 aliphatic heterocycles. The molecule has 1 N–H and O–H groups in total. The van der Waals surface area contributed by atoms with Crippen LogP contribution in [0, 0.1) is 5.82 Å². The number of benzene rings is 3. The lowest BCUT2D eigenvalue weighted by Crippen LogP contribution is -2.40. The summed E-state index contributed by atoms with van der Waals surface area (Å²) in [5, 5.41) is 3.76. The zero-order valence-corrected chi connectivity index (χ0v) is 17.7. The molecule has 0 atom stereocenters. The van der Waals surface area contributed by atoms with Crippen LogP contribution in [-0.2, 0) is 21.2 Å². The van der Waals surface area contributed by atoms with Gasteiger partial charge in [0.1, 0.15) is 12.4 Å². The smallest absolute Gasteiger partial charge is 0.264 e. The van der Waals surface area contributed by atoms with Crippen molar-refractivity contribution < 1.29 is 17.6 Å². The lowest BCUT2D eigenvalue weighted by Gasteiger charge is -2.25. The SMILES string of the molecule is CCc1ccccc1N(CC(=O)N/N=C\c1ccccc1F)S(=O)(=O)c1ccccc1. The van der Waals surface area contributed by atoms with Crippen molar-refractivity contribution in [3.63, 3.8) is 0 Å². The van der Waals surface area contributed by atoms with Crippen LogP contribution in [0.25, 0.3) is 0 Å². The van der Waals surface area contributed by atoms with E-state index >= 15 is 0 Å². The number of halogens is 1. The lowest BCUT2D eigenvalue weighted by atomic mass is 10.1. The van der Waals surface area contributed by atoms with Crippen molar-refractivity contribution in [2.75, 3.05) is 10.8 Å². The number of amides is 1. The lowest BCUT2D eigenvalue weighted by molar-refractivity contribution is -0.119. The maximum absolute atomic E-state index is 13.7. The van der Waals surface area contributed by atoms with E-state index in [1.165, 1.54) is 30.5 Å². The molecule has 0 fully saturated rings. The minimum atomic E-state index is -4.01. The van der Waals surface area contributed by atoms with E-state index in [2.05, 4.69) is 10.5 Å². The maximum Gasteiger partial charge on any atom is 0.264 e. The van der Waals surface area contributed by atoms with Crippen LogP contribution in [0.15, 0.2) is 88.9 Å². The summed E-state index contributed by atoms with van der Waals surface area (Å²) >= 11 is 0. The number of anilines is 1. The van der Waals surface area contributed by atoms with Crippen LogP contribution in [-0.4, -0.2) is 27.1 Å². The van der Waals surface area contributed by atoms with Crippen molar-refractivity contribution in [3.8, 4) is 0 Å². The average molecular weight is 440 g/mol. The fourth-order valence-corrected chi connectivity index (χ4v) is 4.47. The van der Waals surface area contributed by atoms with Crippen molar-refractivity contribution in [2.24, 2.45) is 5.10 Å². The van der Waals surface area contributed by atoms with E-state index in [0.717, 1.165) is 9.87 Å². The number of carbonyl (C=O) groups is 1. The standard InChI is InChI=1S/C23H22FN3O3S/c1-2-18-10-7-9-15-22(18)27(31(29,30)20-12-4-3-5-13-20)17-23(28)26-25-16-19-11-6-8-14-21(19)24/h3-16H,2,17H2,1H3,(H,26,28)/b25-16-. The van der Waals surface area contributed by atoms with Crippen LogP contribution in [0.4, 0.5) is 10.1 Å². The van der Waals surface area contributed by atoms with Crippen molar-refractivity contribution in [1.82, 2.24) is 5.43 Å². The molecule has 0 radical (unpaired) electrons. The third-order valence-electron chi connectivity index (χ3n) is 4.56. The van der Waals surface area contributed by atoms with Crippen molar-refractivity contribution in [3.05, 3.63) is 95.8 Å². The van der Waals surface area contributed by atoms with Crippen molar-refractivity contribution in [1.29, 1.82) is 0 Å². The van der Waals surface area contributed by atoms with Gasteiger partial charge in [-0.3, -0.25) is 9.10 Å². The molecule has 0 saturated heterocycles. The van der Waals surface area contributed by atoms with Gasteiger partial charge in [-0.05, 0) is 36.2 Å². The van der Waals surface area contributed by atoms with Crippen LogP contribution >= 0.6 is 0 Å². The minimum Gasteiger partial charge on any atom is -0.271 e. The molecule has 0 saturated carbocycles. The fourth-order valence-electron chi connectivity index (χ4n) is 2.99. The predicted octanol–water partition coefficient (Wildman–Crippen LogP) is 3.73. The molecule has 160 valence electrons. The van der Waals surface area contributed by atoms with Crippen LogP contribution in [0.1, 0.15) is 18.1 Å². The summed E-state index contributed by atoms with van der Waals surface area (Å²) < 4.78 is 41.4. The Kier molecular flexibility index (Phi) is 7.15. The highest BCUT2D eigenvalue weighted by molar-refractivity contribution is 7.92. The quantitative estimate of drug-likeness (QED) is 0.429. The highest BCUT2D eigenvalue weighted by atomic mass is 32.2. The Balaban J connectivity index is 1.88. The average Bonchev–Trinajstić information content (AvgIpc) is 2.79. The molecule has 0 aliphatic rings. The van der Waals surface area contributed by atoms with Crippen molar-refractivity contribution in [2.45, 2.75) is 18.2 Å². The Morgan fingerprint density at radius 3 is 2.35 bits per heavy atom. The Hall–Kier alpha value is -3.52. The molecule has 1 amide bonds. The molecule has 0 bridgehead atoms. The first-order valence-corrected chi connectivity index (χ1v) is 11.1. The second-order valence-corrected chi connectivity index (χ2v) is 8.48. The molecule has 3 aromatic carbocycles. The second-order valence-electron chi connectivity index (χ2n) is 6.62. The third kappa shape index (κ3) is 5.35. The Labute approximate surface area is 181 Å². The first-order chi connectivity index (χ1) is 14.9.